The largest absolute Gasteiger partial charge is 0.372 e. The van der Waals surface area contributed by atoms with Crippen molar-refractivity contribution in [3.05, 3.63) is 71.8 Å². The van der Waals surface area contributed by atoms with Gasteiger partial charge in [0.25, 0.3) is 0 Å². The molecule has 0 bridgehead atoms. The van der Waals surface area contributed by atoms with E-state index in [1.165, 1.54) is 11.1 Å². The maximum atomic E-state index is 5.86. The van der Waals surface area contributed by atoms with Crippen LogP contribution in [0.4, 0.5) is 0 Å². The van der Waals surface area contributed by atoms with Gasteiger partial charge in [-0.2, -0.15) is 0 Å². The lowest BCUT2D eigenvalue weighted by Crippen LogP contribution is -2.26. The van der Waals surface area contributed by atoms with Crippen molar-refractivity contribution in [2.45, 2.75) is 19.1 Å². The molecule has 0 spiro atoms. The summed E-state index contributed by atoms with van der Waals surface area (Å²) in [7, 11) is 0. The van der Waals surface area contributed by atoms with Gasteiger partial charge in [-0.05, 0) is 17.5 Å². The molecule has 0 amide bonds. The lowest BCUT2D eigenvalue weighted by atomic mass is 10.1. The Bertz CT molecular complexity index is 441. The van der Waals surface area contributed by atoms with Crippen molar-refractivity contribution in [1.82, 2.24) is 0 Å². The first-order valence-electron chi connectivity index (χ1n) is 6.28. The molecule has 0 saturated heterocycles. The van der Waals surface area contributed by atoms with Gasteiger partial charge in [-0.25, -0.2) is 0 Å². The average molecular weight is 241 g/mol. The van der Waals surface area contributed by atoms with E-state index in [0.717, 1.165) is 6.42 Å². The van der Waals surface area contributed by atoms with Crippen LogP contribution in [0.5, 0.6) is 0 Å². The third-order valence-electron chi connectivity index (χ3n) is 2.90. The van der Waals surface area contributed by atoms with E-state index in [9.17, 15) is 0 Å². The fraction of sp³-hybridized carbons (Fsp3) is 0.250. The summed E-state index contributed by atoms with van der Waals surface area (Å²) in [6, 6.07) is 20.5. The highest BCUT2D eigenvalue weighted by Gasteiger charge is 2.08. The number of nitrogens with two attached hydrogens (primary N) is 1. The van der Waals surface area contributed by atoms with Gasteiger partial charge in [0.2, 0.25) is 0 Å². The van der Waals surface area contributed by atoms with Gasteiger partial charge in [-0.15, -0.1) is 0 Å². The van der Waals surface area contributed by atoms with Crippen LogP contribution < -0.4 is 5.73 Å². The summed E-state index contributed by atoms with van der Waals surface area (Å²) in [6.45, 7) is 1.16. The summed E-state index contributed by atoms with van der Waals surface area (Å²) in [5.74, 6) is 0. The minimum absolute atomic E-state index is 0.0765. The Morgan fingerprint density at radius 3 is 1.94 bits per heavy atom. The zero-order valence-corrected chi connectivity index (χ0v) is 10.5. The molecule has 1 atom stereocenters. The maximum Gasteiger partial charge on any atom is 0.0742 e. The first-order chi connectivity index (χ1) is 8.88. The molecular weight excluding hydrogens is 222 g/mol. The number of rotatable bonds is 6. The quantitative estimate of drug-likeness (QED) is 0.844. The lowest BCUT2D eigenvalue weighted by molar-refractivity contribution is 0.0468. The predicted molar refractivity (Wildman–Crippen MR) is 74.2 cm³/mol. The molecule has 2 aromatic rings. The Morgan fingerprint density at radius 1 is 0.833 bits per heavy atom. The van der Waals surface area contributed by atoms with Crippen LogP contribution in [0.3, 0.4) is 0 Å². The SMILES string of the molecule is NCC(Cc1ccccc1)OCc1ccccc1. The molecule has 94 valence electrons. The van der Waals surface area contributed by atoms with Crippen LogP contribution in [0, 0.1) is 0 Å². The molecule has 0 aliphatic rings. The second-order valence-corrected chi connectivity index (χ2v) is 4.34. The van der Waals surface area contributed by atoms with Crippen molar-refractivity contribution in [3.63, 3.8) is 0 Å². The summed E-state index contributed by atoms with van der Waals surface area (Å²) in [6.07, 6.45) is 0.942. The Balaban J connectivity index is 1.86. The normalized spacial score (nSPS) is 12.3. The van der Waals surface area contributed by atoms with E-state index in [4.69, 9.17) is 10.5 Å². The van der Waals surface area contributed by atoms with E-state index in [1.54, 1.807) is 0 Å². The molecular formula is C16H19NO. The number of benzene rings is 2. The molecule has 0 aliphatic carbocycles. The van der Waals surface area contributed by atoms with Crippen molar-refractivity contribution < 1.29 is 4.74 Å². The molecule has 0 radical (unpaired) electrons. The van der Waals surface area contributed by atoms with E-state index in [0.29, 0.717) is 13.2 Å². The Kier molecular flexibility index (Phi) is 4.94. The van der Waals surface area contributed by atoms with Crippen LogP contribution in [0.25, 0.3) is 0 Å². The van der Waals surface area contributed by atoms with Gasteiger partial charge < -0.3 is 10.5 Å². The lowest BCUT2D eigenvalue weighted by Gasteiger charge is -2.16. The Labute approximate surface area is 108 Å². The van der Waals surface area contributed by atoms with Gasteiger partial charge in [0.1, 0.15) is 0 Å². The molecule has 2 heteroatoms. The smallest absolute Gasteiger partial charge is 0.0742 e. The van der Waals surface area contributed by atoms with Crippen molar-refractivity contribution >= 4 is 0 Å². The fourth-order valence-corrected chi connectivity index (χ4v) is 1.88. The minimum atomic E-state index is 0.0765. The molecule has 0 aliphatic heterocycles. The van der Waals surface area contributed by atoms with E-state index in [-0.39, 0.29) is 6.10 Å². The van der Waals surface area contributed by atoms with Gasteiger partial charge in [-0.3, -0.25) is 0 Å². The van der Waals surface area contributed by atoms with Crippen molar-refractivity contribution in [1.29, 1.82) is 0 Å². The summed E-state index contributed by atoms with van der Waals surface area (Å²) in [5, 5.41) is 0. The molecule has 2 N–H and O–H groups in total. The third-order valence-corrected chi connectivity index (χ3v) is 2.90. The topological polar surface area (TPSA) is 35.2 Å². The molecule has 18 heavy (non-hydrogen) atoms. The third kappa shape index (κ3) is 3.99. The summed E-state index contributed by atoms with van der Waals surface area (Å²) in [4.78, 5) is 0. The average Bonchev–Trinajstić information content (AvgIpc) is 2.45. The van der Waals surface area contributed by atoms with Gasteiger partial charge >= 0.3 is 0 Å². The van der Waals surface area contributed by atoms with Crippen LogP contribution in [-0.2, 0) is 17.8 Å². The zero-order valence-electron chi connectivity index (χ0n) is 10.5. The molecule has 0 fully saturated rings. The number of ether oxygens (including phenoxy) is 1. The van der Waals surface area contributed by atoms with Gasteiger partial charge in [0, 0.05) is 6.54 Å². The van der Waals surface area contributed by atoms with E-state index < -0.39 is 0 Å². The second kappa shape index (κ2) is 6.94. The maximum absolute atomic E-state index is 5.86. The summed E-state index contributed by atoms with van der Waals surface area (Å²) < 4.78 is 5.86. The van der Waals surface area contributed by atoms with E-state index in [2.05, 4.69) is 24.3 Å². The van der Waals surface area contributed by atoms with Gasteiger partial charge in [-0.1, -0.05) is 60.7 Å². The Hall–Kier alpha value is -1.64. The van der Waals surface area contributed by atoms with Crippen molar-refractivity contribution in [2.24, 2.45) is 5.73 Å². The minimum Gasteiger partial charge on any atom is -0.372 e. The standard InChI is InChI=1S/C16H19NO/c17-12-16(11-14-7-3-1-4-8-14)18-13-15-9-5-2-6-10-15/h1-10,16H,11-13,17H2. The number of hydrogen-bond donors (Lipinski definition) is 1. The van der Waals surface area contributed by atoms with Crippen LogP contribution in [0.2, 0.25) is 0 Å². The second-order valence-electron chi connectivity index (χ2n) is 4.34. The molecule has 2 rings (SSSR count). The Morgan fingerprint density at radius 2 is 1.39 bits per heavy atom. The fourth-order valence-electron chi connectivity index (χ4n) is 1.88. The summed E-state index contributed by atoms with van der Waals surface area (Å²) >= 11 is 0. The monoisotopic (exact) mass is 241 g/mol. The molecule has 2 nitrogen and oxygen atoms in total. The highest BCUT2D eigenvalue weighted by molar-refractivity contribution is 5.16. The highest BCUT2D eigenvalue weighted by atomic mass is 16.5. The van der Waals surface area contributed by atoms with E-state index in [1.807, 2.05) is 36.4 Å². The zero-order chi connectivity index (χ0) is 12.6. The number of hydrogen-bond acceptors (Lipinski definition) is 2. The molecule has 0 saturated carbocycles. The van der Waals surface area contributed by atoms with Crippen LogP contribution in [0.1, 0.15) is 11.1 Å². The molecule has 1 unspecified atom stereocenters. The van der Waals surface area contributed by atoms with Crippen molar-refractivity contribution in [2.75, 3.05) is 6.54 Å². The summed E-state index contributed by atoms with van der Waals surface area (Å²) in [5.41, 5.74) is 8.21. The van der Waals surface area contributed by atoms with Crippen molar-refractivity contribution in [3.8, 4) is 0 Å². The first-order valence-corrected chi connectivity index (χ1v) is 6.28. The van der Waals surface area contributed by atoms with Gasteiger partial charge in [0.05, 0.1) is 12.7 Å². The van der Waals surface area contributed by atoms with Crippen LogP contribution in [0.15, 0.2) is 60.7 Å². The van der Waals surface area contributed by atoms with E-state index >= 15 is 0 Å². The van der Waals surface area contributed by atoms with Gasteiger partial charge in [0.15, 0.2) is 0 Å². The molecule has 0 aromatic heterocycles. The van der Waals surface area contributed by atoms with Crippen LogP contribution >= 0.6 is 0 Å². The predicted octanol–water partition coefficient (Wildman–Crippen LogP) is 2.77. The highest BCUT2D eigenvalue weighted by Crippen LogP contribution is 2.08. The van der Waals surface area contributed by atoms with Crippen LogP contribution in [-0.4, -0.2) is 12.6 Å². The molecule has 2 aromatic carbocycles. The molecule has 0 heterocycles. The first kappa shape index (κ1) is 12.8.